The smallest absolute Gasteiger partial charge is 0.322 e. The molecule has 6 heteroatoms. The molecule has 0 saturated heterocycles. The Balaban J connectivity index is 2.23. The molecule has 6 nitrogen and oxygen atoms in total. The largest absolute Gasteiger partial charge is 0.496 e. The molecule has 0 aliphatic heterocycles. The Morgan fingerprint density at radius 1 is 1.05 bits per heavy atom. The van der Waals surface area contributed by atoms with Gasteiger partial charge in [0.15, 0.2) is 0 Å². The zero-order valence-corrected chi connectivity index (χ0v) is 12.6. The summed E-state index contributed by atoms with van der Waals surface area (Å²) in [5.41, 5.74) is 1.91. The van der Waals surface area contributed by atoms with Crippen molar-refractivity contribution in [3.8, 4) is 23.3 Å². The highest BCUT2D eigenvalue weighted by molar-refractivity contribution is 5.42. The number of hydrogen-bond donors (Lipinski definition) is 1. The summed E-state index contributed by atoms with van der Waals surface area (Å²) in [7, 11) is 5.06. The Morgan fingerprint density at radius 2 is 1.67 bits per heavy atom. The fraction of sp³-hybridized carbons (Fsp3) is 0.333. The van der Waals surface area contributed by atoms with Crippen LogP contribution in [0.2, 0.25) is 0 Å². The minimum Gasteiger partial charge on any atom is -0.496 e. The highest BCUT2D eigenvalue weighted by Gasteiger charge is 2.08. The maximum absolute atomic E-state index is 5.67. The number of hydrogen-bond acceptors (Lipinski definition) is 6. The number of nitrogens with zero attached hydrogens (tertiary/aromatic N) is 2. The third-order valence-corrected chi connectivity index (χ3v) is 2.96. The Kier molecular flexibility index (Phi) is 4.94. The van der Waals surface area contributed by atoms with Gasteiger partial charge in [0.05, 0.1) is 14.2 Å². The van der Waals surface area contributed by atoms with Gasteiger partial charge in [0.1, 0.15) is 17.2 Å². The number of ether oxygens (including phenoxy) is 3. The van der Waals surface area contributed by atoms with Crippen LogP contribution in [-0.4, -0.2) is 31.2 Å². The van der Waals surface area contributed by atoms with E-state index in [1.807, 2.05) is 14.0 Å². The fourth-order valence-electron chi connectivity index (χ4n) is 1.83. The quantitative estimate of drug-likeness (QED) is 0.880. The molecule has 0 amide bonds. The molecule has 112 valence electrons. The minimum atomic E-state index is 0.294. The lowest BCUT2D eigenvalue weighted by molar-refractivity contribution is 0.382. The van der Waals surface area contributed by atoms with Crippen LogP contribution in [0.25, 0.3) is 0 Å². The second-order valence-electron chi connectivity index (χ2n) is 4.44. The number of rotatable bonds is 6. The van der Waals surface area contributed by atoms with E-state index in [1.165, 1.54) is 0 Å². The first kappa shape index (κ1) is 15.1. The second kappa shape index (κ2) is 6.90. The first-order valence-corrected chi connectivity index (χ1v) is 6.54. The van der Waals surface area contributed by atoms with Crippen molar-refractivity contribution in [2.24, 2.45) is 0 Å². The number of nitrogens with one attached hydrogen (secondary N) is 1. The Bertz CT molecular complexity index is 595. The molecule has 0 atom stereocenters. The average Bonchev–Trinajstić information content (AvgIpc) is 2.49. The summed E-state index contributed by atoms with van der Waals surface area (Å²) in [5, 5.41) is 3.07. The van der Waals surface area contributed by atoms with Crippen molar-refractivity contribution >= 4 is 0 Å². The van der Waals surface area contributed by atoms with E-state index in [2.05, 4.69) is 15.3 Å². The van der Waals surface area contributed by atoms with Crippen molar-refractivity contribution in [3.63, 3.8) is 0 Å². The van der Waals surface area contributed by atoms with Crippen LogP contribution in [0.3, 0.4) is 0 Å². The highest BCUT2D eigenvalue weighted by Crippen LogP contribution is 2.29. The lowest BCUT2D eigenvalue weighted by Crippen LogP contribution is -2.08. The molecule has 0 bridgehead atoms. The molecule has 0 spiro atoms. The van der Waals surface area contributed by atoms with Crippen LogP contribution in [0.15, 0.2) is 24.4 Å². The first-order chi connectivity index (χ1) is 10.2. The molecule has 0 fully saturated rings. The zero-order valence-electron chi connectivity index (χ0n) is 12.6. The second-order valence-corrected chi connectivity index (χ2v) is 4.44. The average molecular weight is 289 g/mol. The van der Waals surface area contributed by atoms with Gasteiger partial charge in [-0.2, -0.15) is 4.98 Å². The predicted octanol–water partition coefficient (Wildman–Crippen LogP) is 2.31. The van der Waals surface area contributed by atoms with Gasteiger partial charge in [-0.05, 0) is 14.0 Å². The van der Waals surface area contributed by atoms with Gasteiger partial charge in [-0.3, -0.25) is 0 Å². The van der Waals surface area contributed by atoms with E-state index in [9.17, 15) is 0 Å². The van der Waals surface area contributed by atoms with Crippen LogP contribution in [0.5, 0.6) is 23.3 Å². The highest BCUT2D eigenvalue weighted by atomic mass is 16.5. The van der Waals surface area contributed by atoms with E-state index in [0.29, 0.717) is 23.3 Å². The van der Waals surface area contributed by atoms with Gasteiger partial charge in [-0.1, -0.05) is 0 Å². The molecule has 0 aliphatic carbocycles. The van der Waals surface area contributed by atoms with E-state index in [0.717, 1.165) is 17.8 Å². The van der Waals surface area contributed by atoms with Gasteiger partial charge in [0, 0.05) is 42.2 Å². The van der Waals surface area contributed by atoms with Crippen molar-refractivity contribution in [2.45, 2.75) is 13.5 Å². The van der Waals surface area contributed by atoms with E-state index in [1.54, 1.807) is 38.6 Å². The predicted molar refractivity (Wildman–Crippen MR) is 79.2 cm³/mol. The van der Waals surface area contributed by atoms with Crippen molar-refractivity contribution in [3.05, 3.63) is 35.7 Å². The van der Waals surface area contributed by atoms with Crippen molar-refractivity contribution in [2.75, 3.05) is 21.3 Å². The molecule has 2 rings (SSSR count). The molecular formula is C15H19N3O3. The summed E-state index contributed by atoms with van der Waals surface area (Å²) in [6.07, 6.45) is 1.76. The van der Waals surface area contributed by atoms with Gasteiger partial charge in [-0.15, -0.1) is 0 Å². The molecule has 0 saturated carbocycles. The van der Waals surface area contributed by atoms with Crippen molar-refractivity contribution in [1.29, 1.82) is 0 Å². The van der Waals surface area contributed by atoms with E-state index < -0.39 is 0 Å². The summed E-state index contributed by atoms with van der Waals surface area (Å²) in [6, 6.07) is 5.57. The monoisotopic (exact) mass is 289 g/mol. The first-order valence-electron chi connectivity index (χ1n) is 6.54. The van der Waals surface area contributed by atoms with Gasteiger partial charge in [0.25, 0.3) is 0 Å². The van der Waals surface area contributed by atoms with Crippen LogP contribution < -0.4 is 19.5 Å². The molecule has 1 N–H and O–H groups in total. The molecule has 1 aromatic carbocycles. The van der Waals surface area contributed by atoms with Crippen LogP contribution >= 0.6 is 0 Å². The van der Waals surface area contributed by atoms with E-state index in [4.69, 9.17) is 14.2 Å². The summed E-state index contributed by atoms with van der Waals surface area (Å²) in [4.78, 5) is 8.55. The standard InChI is InChI=1S/C15H19N3O3/c1-10-11(8-16-2)9-17-15(18-10)21-14-6-12(19-3)5-13(7-14)20-4/h5-7,9,16H,8H2,1-4H3. The Labute approximate surface area is 124 Å². The molecule has 2 aromatic rings. The summed E-state index contributed by atoms with van der Waals surface area (Å²) in [6.45, 7) is 2.65. The molecule has 1 aromatic heterocycles. The maximum atomic E-state index is 5.67. The topological polar surface area (TPSA) is 65.5 Å². The Morgan fingerprint density at radius 3 is 2.19 bits per heavy atom. The van der Waals surface area contributed by atoms with E-state index >= 15 is 0 Å². The number of methoxy groups -OCH3 is 2. The van der Waals surface area contributed by atoms with Crippen LogP contribution in [0.1, 0.15) is 11.3 Å². The molecule has 1 heterocycles. The SMILES string of the molecule is CNCc1cnc(Oc2cc(OC)cc(OC)c2)nc1C. The van der Waals surface area contributed by atoms with Crippen molar-refractivity contribution < 1.29 is 14.2 Å². The molecule has 0 aliphatic rings. The summed E-state index contributed by atoms with van der Waals surface area (Å²) in [5.74, 6) is 1.85. The molecule has 21 heavy (non-hydrogen) atoms. The normalized spacial score (nSPS) is 10.3. The third-order valence-electron chi connectivity index (χ3n) is 2.96. The van der Waals surface area contributed by atoms with Crippen LogP contribution in [0, 0.1) is 6.92 Å². The van der Waals surface area contributed by atoms with Gasteiger partial charge in [0.2, 0.25) is 0 Å². The summed E-state index contributed by atoms with van der Waals surface area (Å²) < 4.78 is 16.1. The third kappa shape index (κ3) is 3.82. The van der Waals surface area contributed by atoms with Gasteiger partial charge < -0.3 is 19.5 Å². The lowest BCUT2D eigenvalue weighted by atomic mass is 10.2. The fourth-order valence-corrected chi connectivity index (χ4v) is 1.83. The zero-order chi connectivity index (χ0) is 15.2. The lowest BCUT2D eigenvalue weighted by Gasteiger charge is -2.10. The molecule has 0 radical (unpaired) electrons. The number of aromatic nitrogens is 2. The number of aryl methyl sites for hydroxylation is 1. The van der Waals surface area contributed by atoms with E-state index in [-0.39, 0.29) is 0 Å². The Hall–Kier alpha value is -2.34. The van der Waals surface area contributed by atoms with Gasteiger partial charge >= 0.3 is 6.01 Å². The molecule has 0 unspecified atom stereocenters. The number of benzene rings is 1. The molecular weight excluding hydrogens is 270 g/mol. The summed E-state index contributed by atoms with van der Waals surface area (Å²) >= 11 is 0. The van der Waals surface area contributed by atoms with Crippen molar-refractivity contribution in [1.82, 2.24) is 15.3 Å². The van der Waals surface area contributed by atoms with Crippen LogP contribution in [-0.2, 0) is 6.54 Å². The minimum absolute atomic E-state index is 0.294. The van der Waals surface area contributed by atoms with Gasteiger partial charge in [-0.25, -0.2) is 4.98 Å². The maximum Gasteiger partial charge on any atom is 0.322 e. The van der Waals surface area contributed by atoms with Crippen LogP contribution in [0.4, 0.5) is 0 Å².